The second kappa shape index (κ2) is 4.89. The predicted molar refractivity (Wildman–Crippen MR) is 66.9 cm³/mol. The van der Waals surface area contributed by atoms with Gasteiger partial charge in [-0.2, -0.15) is 0 Å². The van der Waals surface area contributed by atoms with E-state index in [0.717, 1.165) is 17.3 Å². The van der Waals surface area contributed by atoms with E-state index >= 15 is 0 Å². The minimum absolute atomic E-state index is 0.850. The van der Waals surface area contributed by atoms with Crippen LogP contribution in [0.5, 0.6) is 0 Å². The molecule has 0 radical (unpaired) electrons. The summed E-state index contributed by atoms with van der Waals surface area (Å²) < 4.78 is 0. The summed E-state index contributed by atoms with van der Waals surface area (Å²) in [6, 6.07) is 0. The molecule has 2 rings (SSSR count). The highest BCUT2D eigenvalue weighted by molar-refractivity contribution is 5.10. The first-order valence-electron chi connectivity index (χ1n) is 7.35. The van der Waals surface area contributed by atoms with Gasteiger partial charge in [0.1, 0.15) is 0 Å². The minimum atomic E-state index is 0.850. The Kier molecular flexibility index (Phi) is 3.74. The normalized spacial score (nSPS) is 32.4. The Morgan fingerprint density at radius 3 is 1.73 bits per heavy atom. The van der Waals surface area contributed by atoms with Gasteiger partial charge < -0.3 is 0 Å². The average Bonchev–Trinajstić information content (AvgIpc) is 2.93. The lowest BCUT2D eigenvalue weighted by atomic mass is 9.88. The third-order valence-electron chi connectivity index (χ3n) is 5.13. The molecule has 0 aromatic rings. The van der Waals surface area contributed by atoms with Crippen molar-refractivity contribution in [3.05, 3.63) is 0 Å². The zero-order valence-corrected chi connectivity index (χ0v) is 10.7. The molecule has 2 fully saturated rings. The van der Waals surface area contributed by atoms with Crippen molar-refractivity contribution in [3.8, 4) is 0 Å². The molecular weight excluding hydrogens is 180 g/mol. The molecule has 2 unspecified atom stereocenters. The highest BCUT2D eigenvalue weighted by atomic mass is 14.7. The van der Waals surface area contributed by atoms with Crippen LogP contribution in [0.25, 0.3) is 0 Å². The number of hydrogen-bond donors (Lipinski definition) is 0. The highest BCUT2D eigenvalue weighted by Gasteiger charge is 2.62. The van der Waals surface area contributed by atoms with Gasteiger partial charge in [-0.15, -0.1) is 0 Å². The molecule has 2 atom stereocenters. The summed E-state index contributed by atoms with van der Waals surface area (Å²) in [5.41, 5.74) is 0.850. The number of hydrogen-bond acceptors (Lipinski definition) is 0. The van der Waals surface area contributed by atoms with E-state index in [4.69, 9.17) is 0 Å². The van der Waals surface area contributed by atoms with Crippen LogP contribution in [0, 0.1) is 17.3 Å². The molecular formula is C15H28. The first-order chi connectivity index (χ1) is 7.35. The number of unbranched alkanes of at least 4 members (excludes halogenated alkanes) is 2. The van der Waals surface area contributed by atoms with Gasteiger partial charge in [0, 0.05) is 0 Å². The molecule has 0 spiro atoms. The van der Waals surface area contributed by atoms with Crippen LogP contribution in [0.2, 0.25) is 0 Å². The smallest absolute Gasteiger partial charge is 0.0235 e. The maximum Gasteiger partial charge on any atom is -0.0235 e. The van der Waals surface area contributed by atoms with Crippen LogP contribution in [0.4, 0.5) is 0 Å². The van der Waals surface area contributed by atoms with Gasteiger partial charge in [-0.25, -0.2) is 0 Å². The van der Waals surface area contributed by atoms with Crippen molar-refractivity contribution in [3.63, 3.8) is 0 Å². The van der Waals surface area contributed by atoms with Gasteiger partial charge in [0.15, 0.2) is 0 Å². The summed E-state index contributed by atoms with van der Waals surface area (Å²) >= 11 is 0. The number of fused-ring (bicyclic) bond motifs is 1. The molecule has 0 aromatic carbocycles. The van der Waals surface area contributed by atoms with Crippen molar-refractivity contribution in [1.82, 2.24) is 0 Å². The molecule has 2 aliphatic carbocycles. The van der Waals surface area contributed by atoms with Gasteiger partial charge in [-0.1, -0.05) is 52.4 Å². The molecule has 0 saturated heterocycles. The third kappa shape index (κ3) is 2.10. The van der Waals surface area contributed by atoms with E-state index in [9.17, 15) is 0 Å². The zero-order valence-electron chi connectivity index (χ0n) is 10.7. The topological polar surface area (TPSA) is 0 Å². The lowest BCUT2D eigenvalue weighted by Gasteiger charge is -2.17. The monoisotopic (exact) mass is 208 g/mol. The average molecular weight is 208 g/mol. The summed E-state index contributed by atoms with van der Waals surface area (Å²) in [5.74, 6) is 2.31. The quantitative estimate of drug-likeness (QED) is 0.564. The second-order valence-corrected chi connectivity index (χ2v) is 5.94. The minimum Gasteiger partial charge on any atom is -0.0654 e. The van der Waals surface area contributed by atoms with Gasteiger partial charge in [-0.3, -0.25) is 0 Å². The van der Waals surface area contributed by atoms with E-state index in [-0.39, 0.29) is 0 Å². The van der Waals surface area contributed by atoms with Crippen LogP contribution in [0.15, 0.2) is 0 Å². The largest absolute Gasteiger partial charge is 0.0654 e. The Morgan fingerprint density at radius 2 is 1.33 bits per heavy atom. The van der Waals surface area contributed by atoms with Crippen LogP contribution >= 0.6 is 0 Å². The summed E-state index contributed by atoms with van der Waals surface area (Å²) in [7, 11) is 0. The molecule has 15 heavy (non-hydrogen) atoms. The van der Waals surface area contributed by atoms with Crippen LogP contribution in [0.1, 0.15) is 78.1 Å². The Morgan fingerprint density at radius 1 is 0.867 bits per heavy atom. The number of rotatable bonds is 6. The van der Waals surface area contributed by atoms with Crippen LogP contribution in [-0.4, -0.2) is 0 Å². The van der Waals surface area contributed by atoms with E-state index in [1.54, 1.807) is 25.7 Å². The van der Waals surface area contributed by atoms with Crippen molar-refractivity contribution >= 4 is 0 Å². The standard InChI is InChI=1S/C15H28/c1-3-5-11-15(12-6-4-2)13-9-7-8-10-14(13)15/h13-14H,3-12H2,1-2H3. The van der Waals surface area contributed by atoms with Gasteiger partial charge >= 0.3 is 0 Å². The molecule has 2 saturated carbocycles. The van der Waals surface area contributed by atoms with Gasteiger partial charge in [-0.05, 0) is 42.9 Å². The van der Waals surface area contributed by atoms with Crippen LogP contribution in [0.3, 0.4) is 0 Å². The fraction of sp³-hybridized carbons (Fsp3) is 1.00. The summed E-state index contributed by atoms with van der Waals surface area (Å²) in [6.07, 6.45) is 15.1. The molecule has 0 aromatic heterocycles. The highest BCUT2D eigenvalue weighted by Crippen LogP contribution is 2.70. The Hall–Kier alpha value is 0. The Bertz CT molecular complexity index is 172. The maximum atomic E-state index is 2.35. The van der Waals surface area contributed by atoms with E-state index in [1.165, 1.54) is 38.5 Å². The van der Waals surface area contributed by atoms with Crippen molar-refractivity contribution in [2.75, 3.05) is 0 Å². The second-order valence-electron chi connectivity index (χ2n) is 5.94. The lowest BCUT2D eigenvalue weighted by molar-refractivity contribution is 0.341. The van der Waals surface area contributed by atoms with Crippen LogP contribution < -0.4 is 0 Å². The molecule has 0 heterocycles. The maximum absolute atomic E-state index is 2.35. The predicted octanol–water partition coefficient (Wildman–Crippen LogP) is 5.17. The Balaban J connectivity index is 1.91. The summed E-state index contributed by atoms with van der Waals surface area (Å²) in [4.78, 5) is 0. The summed E-state index contributed by atoms with van der Waals surface area (Å²) in [6.45, 7) is 4.69. The molecule has 0 N–H and O–H groups in total. The van der Waals surface area contributed by atoms with Crippen molar-refractivity contribution in [2.45, 2.75) is 78.1 Å². The van der Waals surface area contributed by atoms with Crippen LogP contribution in [-0.2, 0) is 0 Å². The first-order valence-corrected chi connectivity index (χ1v) is 7.35. The van der Waals surface area contributed by atoms with E-state index < -0.39 is 0 Å². The van der Waals surface area contributed by atoms with Gasteiger partial charge in [0.05, 0.1) is 0 Å². The molecule has 0 nitrogen and oxygen atoms in total. The van der Waals surface area contributed by atoms with Gasteiger partial charge in [0.25, 0.3) is 0 Å². The lowest BCUT2D eigenvalue weighted by Crippen LogP contribution is -2.05. The fourth-order valence-corrected chi connectivity index (χ4v) is 4.25. The molecule has 0 bridgehead atoms. The first kappa shape index (κ1) is 11.5. The van der Waals surface area contributed by atoms with E-state index in [1.807, 2.05) is 0 Å². The van der Waals surface area contributed by atoms with Gasteiger partial charge in [0.2, 0.25) is 0 Å². The van der Waals surface area contributed by atoms with E-state index in [2.05, 4.69) is 13.8 Å². The zero-order chi connectivity index (χ0) is 10.7. The Labute approximate surface area is 95.8 Å². The molecule has 0 amide bonds. The van der Waals surface area contributed by atoms with Crippen molar-refractivity contribution < 1.29 is 0 Å². The molecule has 2 aliphatic rings. The molecule has 0 heteroatoms. The SMILES string of the molecule is CCCCC1(CCCC)C2CCCCC21. The molecule has 88 valence electrons. The summed E-state index contributed by atoms with van der Waals surface area (Å²) in [5, 5.41) is 0. The van der Waals surface area contributed by atoms with Crippen molar-refractivity contribution in [2.24, 2.45) is 17.3 Å². The third-order valence-corrected chi connectivity index (χ3v) is 5.13. The fourth-order valence-electron chi connectivity index (χ4n) is 4.25. The van der Waals surface area contributed by atoms with Crippen molar-refractivity contribution in [1.29, 1.82) is 0 Å². The molecule has 0 aliphatic heterocycles. The van der Waals surface area contributed by atoms with E-state index in [0.29, 0.717) is 0 Å².